The Morgan fingerprint density at radius 1 is 0.923 bits per heavy atom. The van der Waals surface area contributed by atoms with Crippen LogP contribution in [0, 0.1) is 10.1 Å². The first kappa shape index (κ1) is 33.1. The molecule has 0 saturated carbocycles. The van der Waals surface area contributed by atoms with E-state index in [1.807, 2.05) is 6.08 Å². The number of aromatic nitrogens is 1. The van der Waals surface area contributed by atoms with Gasteiger partial charge in [0.1, 0.15) is 11.9 Å². The molecule has 0 N–H and O–H groups in total. The lowest BCUT2D eigenvalue weighted by Crippen LogP contribution is -2.52. The highest BCUT2D eigenvalue weighted by atomic mass is 28.4. The zero-order chi connectivity index (χ0) is 29.9. The first-order valence-corrected chi connectivity index (χ1v) is 18.9. The summed E-state index contributed by atoms with van der Waals surface area (Å²) >= 11 is 0. The van der Waals surface area contributed by atoms with Crippen molar-refractivity contribution in [2.24, 2.45) is 0 Å². The normalized spacial score (nSPS) is 16.8. The predicted molar refractivity (Wildman–Crippen MR) is 167 cm³/mol. The van der Waals surface area contributed by atoms with E-state index in [1.54, 1.807) is 12.3 Å². The van der Waals surface area contributed by atoms with Crippen LogP contribution in [0.15, 0.2) is 24.9 Å². The van der Waals surface area contributed by atoms with Gasteiger partial charge in [-0.1, -0.05) is 95.7 Å². The summed E-state index contributed by atoms with van der Waals surface area (Å²) in [5.41, 5.74) is 1.54. The molecule has 7 nitrogen and oxygen atoms in total. The lowest BCUT2D eigenvalue weighted by atomic mass is 10.1. The second kappa shape index (κ2) is 13.0. The van der Waals surface area contributed by atoms with Crippen LogP contribution >= 0.6 is 0 Å². The minimum Gasteiger partial charge on any atom is -0.539 e. The van der Waals surface area contributed by atoms with Gasteiger partial charge in [0.05, 0.1) is 11.1 Å². The van der Waals surface area contributed by atoms with Gasteiger partial charge in [0.2, 0.25) is 5.75 Å². The Morgan fingerprint density at radius 3 is 1.79 bits per heavy atom. The van der Waals surface area contributed by atoms with Crippen molar-refractivity contribution in [1.82, 2.24) is 4.98 Å². The molecule has 0 spiro atoms. The number of allylic oxidation sites excluding steroid dienone is 1. The monoisotopic (exact) mass is 576 g/mol. The molecule has 0 bridgehead atoms. The molecule has 0 aliphatic carbocycles. The Labute approximate surface area is 238 Å². The fourth-order valence-electron chi connectivity index (χ4n) is 7.03. The van der Waals surface area contributed by atoms with Gasteiger partial charge in [-0.15, -0.1) is 0 Å². The number of nitro groups is 1. The molecule has 9 heteroatoms. The van der Waals surface area contributed by atoms with Gasteiger partial charge in [-0.3, -0.25) is 10.1 Å². The summed E-state index contributed by atoms with van der Waals surface area (Å²) in [5.74, 6) is 1.01. The summed E-state index contributed by atoms with van der Waals surface area (Å²) in [4.78, 5) is 17.2. The predicted octanol–water partition coefficient (Wildman–Crippen LogP) is 9.80. The number of nitrogens with zero attached hydrogens (tertiary/aromatic N) is 2. The number of hydrogen-bond donors (Lipinski definition) is 0. The van der Waals surface area contributed by atoms with Gasteiger partial charge in [-0.2, -0.15) is 0 Å². The standard InChI is InChI=1S/C30H52N2O5Si2/c1-14-25-16-15-17-26(35-25)28-29(32(33)34)30(37-39(22(8)9,23(10)11)24(12)13)27(18-31-28)36-38(19(2)3,20(4)5)21(6)7/h14,17-25H,1,15-16H2,2-13H3. The average molecular weight is 577 g/mol. The summed E-state index contributed by atoms with van der Waals surface area (Å²) < 4.78 is 20.3. The van der Waals surface area contributed by atoms with Crippen molar-refractivity contribution in [1.29, 1.82) is 0 Å². The Morgan fingerprint density at radius 2 is 1.38 bits per heavy atom. The zero-order valence-corrected chi connectivity index (χ0v) is 28.3. The van der Waals surface area contributed by atoms with Gasteiger partial charge in [-0.25, -0.2) is 4.98 Å². The molecule has 2 rings (SSSR count). The van der Waals surface area contributed by atoms with E-state index in [2.05, 4.69) is 94.6 Å². The molecule has 1 aliphatic rings. The SMILES string of the molecule is C=CC1CCC=C(c2ncc(O[Si](C(C)C)(C(C)C)C(C)C)c(O[Si](C(C)C)(C(C)C)C(C)C)c2[N+](=O)[O-])O1. The van der Waals surface area contributed by atoms with Gasteiger partial charge in [0.15, 0.2) is 11.4 Å². The summed E-state index contributed by atoms with van der Waals surface area (Å²) in [6.07, 6.45) is 6.55. The van der Waals surface area contributed by atoms with Gasteiger partial charge in [-0.05, 0) is 52.2 Å². The minimum atomic E-state index is -2.60. The Hall–Kier alpha value is -2.14. The van der Waals surface area contributed by atoms with Crippen molar-refractivity contribution >= 4 is 28.1 Å². The number of hydrogen-bond acceptors (Lipinski definition) is 6. The number of ether oxygens (including phenoxy) is 1. The van der Waals surface area contributed by atoms with Crippen molar-refractivity contribution in [2.45, 2.75) is 135 Å². The third-order valence-electron chi connectivity index (χ3n) is 8.69. The maximum absolute atomic E-state index is 12.9. The second-order valence-corrected chi connectivity index (χ2v) is 23.5. The van der Waals surface area contributed by atoms with E-state index in [9.17, 15) is 10.1 Å². The third kappa shape index (κ3) is 6.29. The smallest absolute Gasteiger partial charge is 0.342 e. The van der Waals surface area contributed by atoms with E-state index in [0.717, 1.165) is 12.8 Å². The number of pyridine rings is 1. The lowest BCUT2D eigenvalue weighted by Gasteiger charge is -2.44. The zero-order valence-electron chi connectivity index (χ0n) is 26.3. The molecule has 0 amide bonds. The van der Waals surface area contributed by atoms with Gasteiger partial charge < -0.3 is 13.6 Å². The Balaban J connectivity index is 2.97. The highest BCUT2D eigenvalue weighted by Gasteiger charge is 2.51. The minimum absolute atomic E-state index is 0.165. The number of rotatable bonds is 13. The average Bonchev–Trinajstić information content (AvgIpc) is 2.84. The van der Waals surface area contributed by atoms with Crippen LogP contribution in [0.1, 0.15) is 102 Å². The molecule has 1 aliphatic heterocycles. The highest BCUT2D eigenvalue weighted by molar-refractivity contribution is 6.79. The second-order valence-electron chi connectivity index (χ2n) is 12.8. The highest BCUT2D eigenvalue weighted by Crippen LogP contribution is 2.52. The molecule has 0 saturated heterocycles. The van der Waals surface area contributed by atoms with Crippen molar-refractivity contribution in [3.8, 4) is 11.5 Å². The molecule has 1 atom stereocenters. The summed E-state index contributed by atoms with van der Waals surface area (Å²) in [6, 6.07) is 0. The fraction of sp³-hybridized carbons (Fsp3) is 0.700. The van der Waals surface area contributed by atoms with E-state index in [1.165, 1.54) is 0 Å². The van der Waals surface area contributed by atoms with Crippen molar-refractivity contribution in [2.75, 3.05) is 0 Å². The molecule has 1 aromatic heterocycles. The van der Waals surface area contributed by atoms with Crippen molar-refractivity contribution < 1.29 is 18.5 Å². The quantitative estimate of drug-likeness (QED) is 0.101. The van der Waals surface area contributed by atoms with E-state index in [-0.39, 0.29) is 61.4 Å². The molecular formula is C30H52N2O5Si2. The maximum Gasteiger partial charge on any atom is 0.342 e. The van der Waals surface area contributed by atoms with E-state index in [0.29, 0.717) is 11.5 Å². The van der Waals surface area contributed by atoms with E-state index in [4.69, 9.17) is 13.6 Å². The van der Waals surface area contributed by atoms with Crippen LogP contribution in [-0.4, -0.2) is 32.6 Å². The van der Waals surface area contributed by atoms with Crippen LogP contribution in [0.2, 0.25) is 33.2 Å². The van der Waals surface area contributed by atoms with Gasteiger partial charge in [0.25, 0.3) is 16.6 Å². The first-order valence-electron chi connectivity index (χ1n) is 14.6. The van der Waals surface area contributed by atoms with Crippen LogP contribution in [0.4, 0.5) is 5.69 Å². The molecule has 220 valence electrons. The largest absolute Gasteiger partial charge is 0.539 e. The lowest BCUT2D eigenvalue weighted by molar-refractivity contribution is -0.386. The van der Waals surface area contributed by atoms with Crippen molar-refractivity contribution in [3.63, 3.8) is 0 Å². The summed E-state index contributed by atoms with van der Waals surface area (Å²) in [5, 5.41) is 12.9. The molecule has 0 radical (unpaired) electrons. The molecule has 39 heavy (non-hydrogen) atoms. The summed E-state index contributed by atoms with van der Waals surface area (Å²) in [6.45, 7) is 30.1. The molecule has 0 aromatic carbocycles. The molecule has 0 fully saturated rings. The summed E-state index contributed by atoms with van der Waals surface area (Å²) in [7, 11) is -5.07. The Bertz CT molecular complexity index is 1010. The molecule has 2 heterocycles. The van der Waals surface area contributed by atoms with Gasteiger partial charge >= 0.3 is 5.69 Å². The Kier molecular flexibility index (Phi) is 11.0. The van der Waals surface area contributed by atoms with Crippen LogP contribution in [0.5, 0.6) is 11.5 Å². The molecule has 1 aromatic rings. The van der Waals surface area contributed by atoms with Crippen LogP contribution in [0.3, 0.4) is 0 Å². The maximum atomic E-state index is 12.9. The van der Waals surface area contributed by atoms with E-state index < -0.39 is 16.6 Å². The van der Waals surface area contributed by atoms with Crippen LogP contribution in [-0.2, 0) is 4.74 Å². The first-order chi connectivity index (χ1) is 18.1. The molecule has 1 unspecified atom stereocenters. The van der Waals surface area contributed by atoms with Gasteiger partial charge in [0, 0.05) is 0 Å². The van der Waals surface area contributed by atoms with Crippen LogP contribution in [0.25, 0.3) is 5.76 Å². The third-order valence-corrected chi connectivity index (χ3v) is 20.7. The fourth-order valence-corrected chi connectivity index (χ4v) is 17.5. The van der Waals surface area contributed by atoms with Crippen molar-refractivity contribution in [3.05, 3.63) is 40.7 Å². The van der Waals surface area contributed by atoms with Crippen LogP contribution < -0.4 is 8.85 Å². The molecular weight excluding hydrogens is 525 g/mol. The van der Waals surface area contributed by atoms with E-state index >= 15 is 0 Å². The topological polar surface area (TPSA) is 83.7 Å².